The summed E-state index contributed by atoms with van der Waals surface area (Å²) in [6.45, 7) is 5.38. The molecule has 0 bridgehead atoms. The number of nitrogens with zero attached hydrogens (tertiary/aromatic N) is 3. The number of rotatable bonds is 8. The van der Waals surface area contributed by atoms with E-state index < -0.39 is 0 Å². The summed E-state index contributed by atoms with van der Waals surface area (Å²) in [5, 5.41) is 9.40. The molecule has 3 rings (SSSR count). The van der Waals surface area contributed by atoms with Gasteiger partial charge in [-0.2, -0.15) is 5.26 Å². The fourth-order valence-electron chi connectivity index (χ4n) is 3.71. The minimum absolute atomic E-state index is 0.00134. The van der Waals surface area contributed by atoms with Gasteiger partial charge >= 0.3 is 0 Å². The molecule has 174 valence electrons. The van der Waals surface area contributed by atoms with Gasteiger partial charge in [0.1, 0.15) is 24.2 Å². The van der Waals surface area contributed by atoms with Crippen molar-refractivity contribution < 1.29 is 19.1 Å². The first-order valence-corrected chi connectivity index (χ1v) is 11.2. The highest BCUT2D eigenvalue weighted by atomic mass is 16.5. The van der Waals surface area contributed by atoms with Gasteiger partial charge in [0.15, 0.2) is 0 Å². The summed E-state index contributed by atoms with van der Waals surface area (Å²) in [5.74, 6) is 1.31. The standard InChI is InChI=1S/C26H31N3O4/c1-18(2)33-24-8-5-19(13-22(24)15-27)17-32-23-7-6-21-16-29(12-11-20(21)14-23)26(31)10-9-25(30)28(3)4/h5-8,13-14,18H,9-12,16-17H2,1-4H3. The smallest absolute Gasteiger partial charge is 0.223 e. The van der Waals surface area contributed by atoms with E-state index in [1.165, 1.54) is 10.5 Å². The molecule has 0 radical (unpaired) electrons. The van der Waals surface area contributed by atoms with Crippen LogP contribution in [0.4, 0.5) is 0 Å². The van der Waals surface area contributed by atoms with Crippen molar-refractivity contribution in [2.75, 3.05) is 20.6 Å². The van der Waals surface area contributed by atoms with Crippen LogP contribution in [0.15, 0.2) is 36.4 Å². The Morgan fingerprint density at radius 3 is 2.61 bits per heavy atom. The van der Waals surface area contributed by atoms with Gasteiger partial charge in [0.2, 0.25) is 11.8 Å². The van der Waals surface area contributed by atoms with E-state index in [0.29, 0.717) is 31.0 Å². The predicted octanol–water partition coefficient (Wildman–Crippen LogP) is 3.68. The zero-order valence-corrected chi connectivity index (χ0v) is 19.8. The zero-order valence-electron chi connectivity index (χ0n) is 19.8. The topological polar surface area (TPSA) is 82.9 Å². The second-order valence-corrected chi connectivity index (χ2v) is 8.68. The molecule has 1 heterocycles. The van der Waals surface area contributed by atoms with Crippen molar-refractivity contribution in [3.8, 4) is 17.6 Å². The lowest BCUT2D eigenvalue weighted by atomic mass is 9.99. The summed E-state index contributed by atoms with van der Waals surface area (Å²) >= 11 is 0. The molecule has 2 aromatic carbocycles. The molecule has 33 heavy (non-hydrogen) atoms. The number of hydrogen-bond acceptors (Lipinski definition) is 5. The lowest BCUT2D eigenvalue weighted by Gasteiger charge is -2.29. The lowest BCUT2D eigenvalue weighted by Crippen LogP contribution is -2.36. The summed E-state index contributed by atoms with van der Waals surface area (Å²) in [6.07, 6.45) is 1.22. The summed E-state index contributed by atoms with van der Waals surface area (Å²) in [5.41, 5.74) is 3.65. The monoisotopic (exact) mass is 449 g/mol. The van der Waals surface area contributed by atoms with Gasteiger partial charge in [-0.3, -0.25) is 9.59 Å². The van der Waals surface area contributed by atoms with Crippen LogP contribution in [0.2, 0.25) is 0 Å². The van der Waals surface area contributed by atoms with Crippen molar-refractivity contribution in [2.24, 2.45) is 0 Å². The van der Waals surface area contributed by atoms with E-state index in [-0.39, 0.29) is 30.8 Å². The lowest BCUT2D eigenvalue weighted by molar-refractivity contribution is -0.136. The predicted molar refractivity (Wildman–Crippen MR) is 125 cm³/mol. The van der Waals surface area contributed by atoms with Gasteiger partial charge in [0.25, 0.3) is 0 Å². The molecule has 0 fully saturated rings. The Morgan fingerprint density at radius 2 is 1.91 bits per heavy atom. The third-order valence-electron chi connectivity index (χ3n) is 5.53. The van der Waals surface area contributed by atoms with Gasteiger partial charge < -0.3 is 19.3 Å². The van der Waals surface area contributed by atoms with Crippen LogP contribution < -0.4 is 9.47 Å². The molecule has 0 aromatic heterocycles. The van der Waals surface area contributed by atoms with Crippen molar-refractivity contribution in [3.63, 3.8) is 0 Å². The van der Waals surface area contributed by atoms with E-state index in [0.717, 1.165) is 23.3 Å². The third-order valence-corrected chi connectivity index (χ3v) is 5.53. The molecule has 1 aliphatic heterocycles. The summed E-state index contributed by atoms with van der Waals surface area (Å²) < 4.78 is 11.6. The minimum Gasteiger partial charge on any atom is -0.490 e. The Labute approximate surface area is 195 Å². The summed E-state index contributed by atoms with van der Waals surface area (Å²) in [4.78, 5) is 27.6. The Balaban J connectivity index is 1.58. The first-order valence-electron chi connectivity index (χ1n) is 11.2. The molecule has 0 unspecified atom stereocenters. The highest BCUT2D eigenvalue weighted by molar-refractivity contribution is 5.83. The SMILES string of the molecule is CC(C)Oc1ccc(COc2ccc3c(c2)CCN(C(=O)CCC(=O)N(C)C)C3)cc1C#N. The fraction of sp³-hybridized carbons (Fsp3) is 0.423. The van der Waals surface area contributed by atoms with Gasteiger partial charge in [-0.1, -0.05) is 12.1 Å². The molecule has 0 aliphatic carbocycles. The largest absolute Gasteiger partial charge is 0.490 e. The number of amides is 2. The van der Waals surface area contributed by atoms with Gasteiger partial charge in [0, 0.05) is 40.0 Å². The van der Waals surface area contributed by atoms with Crippen LogP contribution in [0.1, 0.15) is 48.9 Å². The first kappa shape index (κ1) is 24.1. The van der Waals surface area contributed by atoms with E-state index >= 15 is 0 Å². The molecule has 7 heteroatoms. The summed E-state index contributed by atoms with van der Waals surface area (Å²) in [6, 6.07) is 13.6. The van der Waals surface area contributed by atoms with Crippen LogP contribution in [0.5, 0.6) is 11.5 Å². The van der Waals surface area contributed by atoms with E-state index in [4.69, 9.17) is 9.47 Å². The molecule has 1 aliphatic rings. The molecule has 0 saturated carbocycles. The third kappa shape index (κ3) is 6.48. The number of carbonyl (C=O) groups excluding carboxylic acids is 2. The van der Waals surface area contributed by atoms with Gasteiger partial charge in [0.05, 0.1) is 11.7 Å². The van der Waals surface area contributed by atoms with Crippen molar-refractivity contribution in [1.29, 1.82) is 5.26 Å². The Kier molecular flexibility index (Phi) is 7.94. The van der Waals surface area contributed by atoms with Gasteiger partial charge in [-0.15, -0.1) is 0 Å². The second kappa shape index (κ2) is 10.9. The van der Waals surface area contributed by atoms with Crippen LogP contribution in [0, 0.1) is 11.3 Å². The Morgan fingerprint density at radius 1 is 1.12 bits per heavy atom. The Bertz CT molecular complexity index is 1060. The van der Waals surface area contributed by atoms with E-state index in [1.54, 1.807) is 20.2 Å². The van der Waals surface area contributed by atoms with Crippen molar-refractivity contribution in [2.45, 2.75) is 52.4 Å². The maximum atomic E-state index is 12.5. The number of nitriles is 1. The fourth-order valence-corrected chi connectivity index (χ4v) is 3.71. The minimum atomic E-state index is -0.0356. The Hall–Kier alpha value is -3.53. The molecule has 2 amide bonds. The number of hydrogen-bond donors (Lipinski definition) is 0. The van der Waals surface area contributed by atoms with Gasteiger partial charge in [-0.05, 0) is 61.2 Å². The normalized spacial score (nSPS) is 12.7. The molecule has 7 nitrogen and oxygen atoms in total. The average molecular weight is 450 g/mol. The highest BCUT2D eigenvalue weighted by Gasteiger charge is 2.22. The maximum absolute atomic E-state index is 12.5. The number of benzene rings is 2. The van der Waals surface area contributed by atoms with Crippen LogP contribution in [-0.2, 0) is 29.2 Å². The van der Waals surface area contributed by atoms with Crippen LogP contribution in [-0.4, -0.2) is 48.4 Å². The van der Waals surface area contributed by atoms with Crippen molar-refractivity contribution >= 4 is 11.8 Å². The van der Waals surface area contributed by atoms with E-state index in [1.807, 2.05) is 49.1 Å². The molecular formula is C26H31N3O4. The van der Waals surface area contributed by atoms with Crippen molar-refractivity contribution in [1.82, 2.24) is 9.80 Å². The first-order chi connectivity index (χ1) is 15.8. The molecule has 0 N–H and O–H groups in total. The molecular weight excluding hydrogens is 418 g/mol. The molecule has 0 spiro atoms. The van der Waals surface area contributed by atoms with Crippen molar-refractivity contribution in [3.05, 3.63) is 58.7 Å². The number of carbonyl (C=O) groups is 2. The van der Waals surface area contributed by atoms with Crippen LogP contribution in [0.3, 0.4) is 0 Å². The molecule has 0 atom stereocenters. The number of fused-ring (bicyclic) bond motifs is 1. The van der Waals surface area contributed by atoms with Crippen LogP contribution >= 0.6 is 0 Å². The molecule has 0 saturated heterocycles. The van der Waals surface area contributed by atoms with Crippen LogP contribution in [0.25, 0.3) is 0 Å². The van der Waals surface area contributed by atoms with Gasteiger partial charge in [-0.25, -0.2) is 0 Å². The second-order valence-electron chi connectivity index (χ2n) is 8.68. The molecule has 2 aromatic rings. The highest BCUT2D eigenvalue weighted by Crippen LogP contribution is 2.26. The summed E-state index contributed by atoms with van der Waals surface area (Å²) in [7, 11) is 3.39. The quantitative estimate of drug-likeness (QED) is 0.614. The van der Waals surface area contributed by atoms with E-state index in [9.17, 15) is 14.9 Å². The zero-order chi connectivity index (χ0) is 24.0. The average Bonchev–Trinajstić information content (AvgIpc) is 2.80. The maximum Gasteiger partial charge on any atom is 0.223 e. The number of ether oxygens (including phenoxy) is 2. The van der Waals surface area contributed by atoms with E-state index in [2.05, 4.69) is 6.07 Å².